The molecule has 0 aliphatic heterocycles. The van der Waals surface area contributed by atoms with E-state index in [-0.39, 0.29) is 46.0 Å². The molecule has 0 radical (unpaired) electrons. The summed E-state index contributed by atoms with van der Waals surface area (Å²) in [5.74, 6) is -0.741. The Hall–Kier alpha value is -3.81. The summed E-state index contributed by atoms with van der Waals surface area (Å²) < 4.78 is 0. The smallest absolute Gasteiger partial charge is 0.235 e. The number of Topliss-reactive ketones (excluding diaryl/α,β-unsaturated/α-hetero) is 2. The highest BCUT2D eigenvalue weighted by Gasteiger charge is 2.69. The quantitative estimate of drug-likeness (QED) is 0.302. The molecule has 7 rings (SSSR count). The second-order valence-electron chi connectivity index (χ2n) is 15.0. The lowest BCUT2D eigenvalue weighted by Crippen LogP contribution is -2.37. The molecule has 4 fully saturated rings. The van der Waals surface area contributed by atoms with E-state index in [1.54, 1.807) is 0 Å². The molecular weight excluding hydrogens is 540 g/mol. The number of ketones is 2. The number of nitrogens with one attached hydrogen (secondary N) is 3. The predicted octanol–water partition coefficient (Wildman–Crippen LogP) is 6.39. The molecule has 4 aliphatic carbocycles. The van der Waals surface area contributed by atoms with E-state index in [1.807, 2.05) is 56.3 Å². The zero-order valence-electron chi connectivity index (χ0n) is 25.8. The molecule has 1 heterocycles. The van der Waals surface area contributed by atoms with E-state index in [0.717, 1.165) is 42.3 Å². The maximum Gasteiger partial charge on any atom is 0.235 e. The van der Waals surface area contributed by atoms with Gasteiger partial charge < -0.3 is 15.6 Å². The van der Waals surface area contributed by atoms with Crippen LogP contribution in [0.1, 0.15) is 67.2 Å². The molecule has 8 heteroatoms. The average molecular weight is 581 g/mol. The number of carbonyl (C=O) groups is 4. The van der Waals surface area contributed by atoms with Gasteiger partial charge in [-0.05, 0) is 90.8 Å². The minimum atomic E-state index is -0.614. The van der Waals surface area contributed by atoms with Crippen LogP contribution in [0, 0.1) is 45.3 Å². The number of fused-ring (bicyclic) bond motifs is 5. The molecule has 4 saturated carbocycles. The van der Waals surface area contributed by atoms with Gasteiger partial charge in [0.15, 0.2) is 11.6 Å². The SMILES string of the molecule is CC12CCC(C(C(=O)Nc3ccc(-c4nc5ccc(NC(=O)C6C(=O)C7(C)CCC6C7(C)C)cc5[nH]4)cc3)C1=O)C2(C)C. The summed E-state index contributed by atoms with van der Waals surface area (Å²) in [4.78, 5) is 61.0. The van der Waals surface area contributed by atoms with Crippen LogP contribution in [0.25, 0.3) is 22.4 Å². The highest BCUT2D eigenvalue weighted by Crippen LogP contribution is 2.66. The summed E-state index contributed by atoms with van der Waals surface area (Å²) >= 11 is 0. The van der Waals surface area contributed by atoms with Crippen molar-refractivity contribution in [2.45, 2.75) is 67.2 Å². The predicted molar refractivity (Wildman–Crippen MR) is 165 cm³/mol. The fourth-order valence-corrected chi connectivity index (χ4v) is 9.15. The Kier molecular flexibility index (Phi) is 5.77. The normalized spacial score (nSPS) is 33.3. The number of imidazole rings is 1. The Morgan fingerprint density at radius 2 is 1.23 bits per heavy atom. The topological polar surface area (TPSA) is 121 Å². The van der Waals surface area contributed by atoms with Crippen LogP contribution in [0.2, 0.25) is 0 Å². The van der Waals surface area contributed by atoms with Gasteiger partial charge in [0.05, 0.1) is 11.0 Å². The third kappa shape index (κ3) is 3.64. The maximum absolute atomic E-state index is 13.3. The lowest BCUT2D eigenvalue weighted by Gasteiger charge is -2.32. The summed E-state index contributed by atoms with van der Waals surface area (Å²) in [6, 6.07) is 12.9. The van der Waals surface area contributed by atoms with Gasteiger partial charge in [0.25, 0.3) is 0 Å². The second-order valence-corrected chi connectivity index (χ2v) is 15.0. The molecule has 0 spiro atoms. The van der Waals surface area contributed by atoms with E-state index in [1.165, 1.54) is 0 Å². The van der Waals surface area contributed by atoms with Crippen molar-refractivity contribution in [1.82, 2.24) is 9.97 Å². The number of aromatic nitrogens is 2. The van der Waals surface area contributed by atoms with Crippen molar-refractivity contribution >= 4 is 45.8 Å². The number of nitrogens with zero attached hydrogens (tertiary/aromatic N) is 1. The first kappa shape index (κ1) is 28.0. The van der Waals surface area contributed by atoms with E-state index < -0.39 is 22.7 Å². The molecule has 43 heavy (non-hydrogen) atoms. The number of H-pyrrole nitrogens is 1. The third-order valence-electron chi connectivity index (χ3n) is 12.8. The summed E-state index contributed by atoms with van der Waals surface area (Å²) in [5.41, 5.74) is 2.38. The number of hydrogen-bond donors (Lipinski definition) is 3. The van der Waals surface area contributed by atoms with E-state index in [9.17, 15) is 19.2 Å². The summed E-state index contributed by atoms with van der Waals surface area (Å²) in [5, 5.41) is 5.97. The molecule has 8 nitrogen and oxygen atoms in total. The highest BCUT2D eigenvalue weighted by molar-refractivity contribution is 6.12. The second kappa shape index (κ2) is 8.87. The molecule has 6 atom stereocenters. The molecule has 4 aliphatic rings. The molecule has 3 N–H and O–H groups in total. The fourth-order valence-electron chi connectivity index (χ4n) is 9.15. The molecule has 3 aromatic rings. The lowest BCUT2D eigenvalue weighted by molar-refractivity contribution is -0.138. The molecule has 4 bridgehead atoms. The fraction of sp³-hybridized carbons (Fsp3) is 0.514. The molecule has 6 unspecified atom stereocenters. The van der Waals surface area contributed by atoms with Gasteiger partial charge in [-0.3, -0.25) is 19.2 Å². The summed E-state index contributed by atoms with van der Waals surface area (Å²) in [6.45, 7) is 12.5. The third-order valence-corrected chi connectivity index (χ3v) is 12.8. The Morgan fingerprint density at radius 1 is 0.744 bits per heavy atom. The minimum Gasteiger partial charge on any atom is -0.338 e. The van der Waals surface area contributed by atoms with Crippen molar-refractivity contribution < 1.29 is 19.2 Å². The summed E-state index contributed by atoms with van der Waals surface area (Å²) in [6.07, 6.45) is 3.50. The van der Waals surface area contributed by atoms with Gasteiger partial charge in [0, 0.05) is 27.8 Å². The maximum atomic E-state index is 13.3. The van der Waals surface area contributed by atoms with Crippen molar-refractivity contribution in [1.29, 1.82) is 0 Å². The van der Waals surface area contributed by atoms with Crippen LogP contribution in [0.3, 0.4) is 0 Å². The Bertz CT molecular complexity index is 1720. The van der Waals surface area contributed by atoms with Crippen molar-refractivity contribution in [2.75, 3.05) is 10.6 Å². The van der Waals surface area contributed by atoms with Crippen LogP contribution in [0.15, 0.2) is 42.5 Å². The minimum absolute atomic E-state index is 0.0594. The Morgan fingerprint density at radius 3 is 1.72 bits per heavy atom. The Labute approximate surface area is 251 Å². The molecular formula is C35H40N4O4. The highest BCUT2D eigenvalue weighted by atomic mass is 16.2. The van der Waals surface area contributed by atoms with Gasteiger partial charge in [0.1, 0.15) is 17.7 Å². The van der Waals surface area contributed by atoms with Crippen molar-refractivity contribution in [2.24, 2.45) is 45.3 Å². The average Bonchev–Trinajstić information content (AvgIpc) is 3.62. The Balaban J connectivity index is 1.04. The first-order chi connectivity index (χ1) is 20.2. The van der Waals surface area contributed by atoms with Gasteiger partial charge in [-0.2, -0.15) is 0 Å². The first-order valence-electron chi connectivity index (χ1n) is 15.5. The van der Waals surface area contributed by atoms with Crippen LogP contribution in [0.5, 0.6) is 0 Å². The van der Waals surface area contributed by atoms with Crippen molar-refractivity contribution in [3.63, 3.8) is 0 Å². The van der Waals surface area contributed by atoms with Crippen molar-refractivity contribution in [3.05, 3.63) is 42.5 Å². The lowest BCUT2D eigenvalue weighted by atomic mass is 9.70. The number of amides is 2. The van der Waals surface area contributed by atoms with Crippen molar-refractivity contribution in [3.8, 4) is 11.4 Å². The number of anilines is 2. The standard InChI is InChI=1S/C35H40N4O4/c1-32(2)21-13-15-34(32,5)27(40)25(21)30(42)36-19-9-7-18(8-10-19)29-38-23-12-11-20(17-24(23)39-29)37-31(43)26-22-14-16-35(6,28(26)41)33(22,3)4/h7-12,17,21-22,25-26H,13-16H2,1-6H3,(H,36,42)(H,37,43)(H,38,39). The molecule has 2 amide bonds. The van der Waals surface area contributed by atoms with Gasteiger partial charge in [-0.15, -0.1) is 0 Å². The number of aromatic amines is 1. The van der Waals surface area contributed by atoms with Gasteiger partial charge in [-0.25, -0.2) is 4.98 Å². The van der Waals surface area contributed by atoms with Crippen LogP contribution >= 0.6 is 0 Å². The monoisotopic (exact) mass is 580 g/mol. The molecule has 0 saturated heterocycles. The largest absolute Gasteiger partial charge is 0.338 e. The van der Waals surface area contributed by atoms with E-state index in [2.05, 4.69) is 43.3 Å². The van der Waals surface area contributed by atoms with Gasteiger partial charge >= 0.3 is 0 Å². The van der Waals surface area contributed by atoms with Crippen LogP contribution in [0.4, 0.5) is 11.4 Å². The van der Waals surface area contributed by atoms with Crippen LogP contribution in [-0.2, 0) is 19.2 Å². The summed E-state index contributed by atoms with van der Waals surface area (Å²) in [7, 11) is 0. The molecule has 1 aromatic heterocycles. The zero-order valence-corrected chi connectivity index (χ0v) is 25.8. The van der Waals surface area contributed by atoms with E-state index >= 15 is 0 Å². The van der Waals surface area contributed by atoms with Crippen LogP contribution < -0.4 is 10.6 Å². The van der Waals surface area contributed by atoms with Gasteiger partial charge in [-0.1, -0.05) is 41.5 Å². The van der Waals surface area contributed by atoms with Gasteiger partial charge in [0.2, 0.25) is 11.8 Å². The van der Waals surface area contributed by atoms with Crippen LogP contribution in [-0.4, -0.2) is 33.3 Å². The van der Waals surface area contributed by atoms with E-state index in [4.69, 9.17) is 4.98 Å². The zero-order chi connectivity index (χ0) is 30.7. The number of benzene rings is 2. The number of rotatable bonds is 5. The first-order valence-corrected chi connectivity index (χ1v) is 15.5. The van der Waals surface area contributed by atoms with E-state index in [0.29, 0.717) is 17.2 Å². The number of hydrogen-bond acceptors (Lipinski definition) is 5. The molecule has 2 aromatic carbocycles. The number of carbonyl (C=O) groups excluding carboxylic acids is 4. The molecule has 224 valence electrons.